The van der Waals surface area contributed by atoms with Crippen LogP contribution in [-0.4, -0.2) is 34.1 Å². The average molecular weight is 698 g/mol. The predicted molar refractivity (Wildman–Crippen MR) is 195 cm³/mol. The highest BCUT2D eigenvalue weighted by atomic mass is 35.5. The van der Waals surface area contributed by atoms with Crippen LogP contribution in [0, 0.1) is 41.8 Å². The molecular weight excluding hydrogens is 653 g/mol. The Balaban J connectivity index is 1.39. The van der Waals surface area contributed by atoms with Crippen LogP contribution in [0.3, 0.4) is 0 Å². The van der Waals surface area contributed by atoms with Crippen molar-refractivity contribution in [1.82, 2.24) is 0 Å². The molecule has 6 nitrogen and oxygen atoms in total. The number of aliphatic carboxylic acids is 1. The molecule has 1 saturated carbocycles. The minimum absolute atomic E-state index is 0.00363. The summed E-state index contributed by atoms with van der Waals surface area (Å²) in [6.07, 6.45) is 6.59. The molecule has 0 saturated heterocycles. The van der Waals surface area contributed by atoms with Gasteiger partial charge in [0, 0.05) is 23.5 Å². The van der Waals surface area contributed by atoms with E-state index in [0.29, 0.717) is 60.2 Å². The maximum Gasteiger partial charge on any atom is 0.306 e. The molecule has 0 bridgehead atoms. The second-order valence-electron chi connectivity index (χ2n) is 14.0. The number of nitrogens with one attached hydrogen (secondary N) is 1. The molecular formula is C42H45ClFNO5. The first-order valence-electron chi connectivity index (χ1n) is 17.6. The van der Waals surface area contributed by atoms with E-state index >= 15 is 4.39 Å². The maximum absolute atomic E-state index is 15.8. The van der Waals surface area contributed by atoms with Gasteiger partial charge in [0.1, 0.15) is 11.6 Å². The topological polar surface area (TPSA) is 112 Å². The number of allylic oxidation sites excluding steroid dienone is 2. The van der Waals surface area contributed by atoms with Crippen molar-refractivity contribution in [3.8, 4) is 22.3 Å². The molecule has 3 aromatic carbocycles. The number of benzene rings is 3. The number of hydrogen-bond acceptors (Lipinski definition) is 5. The van der Waals surface area contributed by atoms with E-state index < -0.39 is 23.5 Å². The number of carboxylic acid groups (broad SMARTS) is 1. The molecule has 2 aliphatic rings. The molecule has 0 spiro atoms. The number of carbonyl (C=O) groups is 4. The Kier molecular flexibility index (Phi) is 11.7. The molecule has 0 aliphatic heterocycles. The van der Waals surface area contributed by atoms with Crippen molar-refractivity contribution in [3.05, 3.63) is 93.3 Å². The summed E-state index contributed by atoms with van der Waals surface area (Å²) in [5.74, 6) is -3.62. The Morgan fingerprint density at radius 1 is 0.940 bits per heavy atom. The van der Waals surface area contributed by atoms with Gasteiger partial charge in [-0.25, -0.2) is 4.39 Å². The molecule has 5 rings (SSSR count). The first-order valence-corrected chi connectivity index (χ1v) is 18.0. The molecule has 50 heavy (non-hydrogen) atoms. The SMILES string of the molecule is CCc1cc(-c2cccc(-c3cccc(CC(=N)C(=O)/C4=C/CCC(C)C(=O)C(C)C4=O)c3C)c2Cl)cc(F)c1CC1CCC(C(=O)O)CC1. The third-order valence-corrected chi connectivity index (χ3v) is 11.2. The number of Topliss-reactive ketones (excluding diaryl/α,β-unsaturated/α-hetero) is 3. The zero-order valence-electron chi connectivity index (χ0n) is 29.2. The first-order chi connectivity index (χ1) is 23.8. The van der Waals surface area contributed by atoms with E-state index in [-0.39, 0.29) is 47.1 Å². The Hall–Kier alpha value is -4.23. The summed E-state index contributed by atoms with van der Waals surface area (Å²) in [5.41, 5.74) is 5.76. The number of halogens is 2. The minimum Gasteiger partial charge on any atom is -0.481 e. The van der Waals surface area contributed by atoms with E-state index in [9.17, 15) is 24.3 Å². The molecule has 1 fully saturated rings. The number of aryl methyl sites for hydroxylation is 1. The molecule has 0 aromatic heterocycles. The molecule has 0 amide bonds. The van der Waals surface area contributed by atoms with Crippen LogP contribution in [0.5, 0.6) is 0 Å². The second kappa shape index (κ2) is 15.8. The fourth-order valence-electron chi connectivity index (χ4n) is 7.57. The summed E-state index contributed by atoms with van der Waals surface area (Å²) in [6.45, 7) is 7.23. The van der Waals surface area contributed by atoms with Gasteiger partial charge in [-0.3, -0.25) is 19.2 Å². The molecule has 0 radical (unpaired) electrons. The Morgan fingerprint density at radius 3 is 2.28 bits per heavy atom. The molecule has 262 valence electrons. The van der Waals surface area contributed by atoms with Gasteiger partial charge < -0.3 is 10.5 Å². The standard InChI is InChI=1S/C42H45ClFNO5/c1-5-27-20-30(21-36(44)35(27)19-26-15-17-28(18-16-26)42(49)50)32-12-8-13-33(38(32)43)31-11-7-10-29(24(31)3)22-37(45)41(48)34-14-6-9-23(2)39(46)25(4)40(34)47/h7-8,10-14,20-21,23,25-26,28,45H,5-6,9,15-19,22H2,1-4H3,(H,49,50)/b34-14+,45-37?. The predicted octanol–water partition coefficient (Wildman–Crippen LogP) is 9.38. The molecule has 3 aromatic rings. The van der Waals surface area contributed by atoms with Crippen LogP contribution in [0.25, 0.3) is 22.3 Å². The third kappa shape index (κ3) is 7.73. The molecule has 2 atom stereocenters. The highest BCUT2D eigenvalue weighted by molar-refractivity contribution is 6.51. The Labute approximate surface area is 298 Å². The van der Waals surface area contributed by atoms with Crippen molar-refractivity contribution in [1.29, 1.82) is 5.41 Å². The lowest BCUT2D eigenvalue weighted by Gasteiger charge is -2.27. The fourth-order valence-corrected chi connectivity index (χ4v) is 7.91. The smallest absolute Gasteiger partial charge is 0.306 e. The van der Waals surface area contributed by atoms with Gasteiger partial charge in [0.2, 0.25) is 5.78 Å². The lowest BCUT2D eigenvalue weighted by Crippen LogP contribution is -2.33. The average Bonchev–Trinajstić information content (AvgIpc) is 3.10. The molecule has 2 unspecified atom stereocenters. The molecule has 0 heterocycles. The minimum atomic E-state index is -0.920. The van der Waals surface area contributed by atoms with E-state index in [1.54, 1.807) is 19.1 Å². The number of rotatable bonds is 10. The van der Waals surface area contributed by atoms with Gasteiger partial charge in [0.05, 0.1) is 28.1 Å². The van der Waals surface area contributed by atoms with Gasteiger partial charge in [-0.2, -0.15) is 0 Å². The quantitative estimate of drug-likeness (QED) is 0.125. The number of carbonyl (C=O) groups excluding carboxylic acids is 3. The summed E-state index contributed by atoms with van der Waals surface area (Å²) < 4.78 is 15.8. The van der Waals surface area contributed by atoms with Crippen molar-refractivity contribution < 1.29 is 28.7 Å². The van der Waals surface area contributed by atoms with Crippen LogP contribution in [0.4, 0.5) is 4.39 Å². The number of carboxylic acids is 1. The van der Waals surface area contributed by atoms with Crippen LogP contribution in [0.1, 0.15) is 81.5 Å². The summed E-state index contributed by atoms with van der Waals surface area (Å²) in [7, 11) is 0. The van der Waals surface area contributed by atoms with Gasteiger partial charge in [-0.1, -0.05) is 74.0 Å². The zero-order chi connectivity index (χ0) is 36.3. The molecule has 2 aliphatic carbocycles. The van der Waals surface area contributed by atoms with E-state index in [4.69, 9.17) is 17.0 Å². The van der Waals surface area contributed by atoms with Crippen LogP contribution >= 0.6 is 11.6 Å². The van der Waals surface area contributed by atoms with Crippen LogP contribution < -0.4 is 0 Å². The highest BCUT2D eigenvalue weighted by Gasteiger charge is 2.34. The van der Waals surface area contributed by atoms with E-state index in [0.717, 1.165) is 40.7 Å². The van der Waals surface area contributed by atoms with Gasteiger partial charge in [-0.15, -0.1) is 0 Å². The van der Waals surface area contributed by atoms with Gasteiger partial charge >= 0.3 is 5.97 Å². The Morgan fingerprint density at radius 2 is 1.60 bits per heavy atom. The fraction of sp³-hybridized carbons (Fsp3) is 0.405. The van der Waals surface area contributed by atoms with Crippen LogP contribution in [-0.2, 0) is 38.4 Å². The summed E-state index contributed by atoms with van der Waals surface area (Å²) in [4.78, 5) is 50.5. The lowest BCUT2D eigenvalue weighted by molar-refractivity contribution is -0.143. The highest BCUT2D eigenvalue weighted by Crippen LogP contribution is 2.40. The largest absolute Gasteiger partial charge is 0.481 e. The van der Waals surface area contributed by atoms with Crippen molar-refractivity contribution >= 4 is 40.6 Å². The van der Waals surface area contributed by atoms with Gasteiger partial charge in [0.25, 0.3) is 0 Å². The second-order valence-corrected chi connectivity index (χ2v) is 14.4. The monoisotopic (exact) mass is 697 g/mol. The van der Waals surface area contributed by atoms with E-state index in [2.05, 4.69) is 0 Å². The van der Waals surface area contributed by atoms with Crippen molar-refractivity contribution in [2.45, 2.75) is 85.5 Å². The summed E-state index contributed by atoms with van der Waals surface area (Å²) in [6, 6.07) is 14.8. The molecule has 8 heteroatoms. The summed E-state index contributed by atoms with van der Waals surface area (Å²) >= 11 is 7.08. The summed E-state index contributed by atoms with van der Waals surface area (Å²) in [5, 5.41) is 18.5. The van der Waals surface area contributed by atoms with Crippen LogP contribution in [0.15, 0.2) is 60.2 Å². The van der Waals surface area contributed by atoms with E-state index in [1.807, 2.05) is 56.3 Å². The van der Waals surface area contributed by atoms with Crippen LogP contribution in [0.2, 0.25) is 5.02 Å². The molecule has 2 N–H and O–H groups in total. The Bertz CT molecular complexity index is 1890. The normalized spacial score (nSPS) is 22.3. The van der Waals surface area contributed by atoms with Crippen molar-refractivity contribution in [2.75, 3.05) is 0 Å². The van der Waals surface area contributed by atoms with E-state index in [1.165, 1.54) is 6.92 Å². The van der Waals surface area contributed by atoms with Crippen molar-refractivity contribution in [2.24, 2.45) is 23.7 Å². The first kappa shape index (κ1) is 37.0. The maximum atomic E-state index is 15.8. The van der Waals surface area contributed by atoms with Crippen molar-refractivity contribution in [3.63, 3.8) is 0 Å². The number of hydrogen-bond donors (Lipinski definition) is 2. The van der Waals surface area contributed by atoms with Gasteiger partial charge in [0.15, 0.2) is 5.78 Å². The zero-order valence-corrected chi connectivity index (χ0v) is 30.0. The third-order valence-electron chi connectivity index (χ3n) is 10.8. The lowest BCUT2D eigenvalue weighted by atomic mass is 9.78. The van der Waals surface area contributed by atoms with Gasteiger partial charge in [-0.05, 0) is 111 Å². The number of ketones is 3.